The highest BCUT2D eigenvalue weighted by atomic mass is 16.2. The molecule has 1 aliphatic rings. The quantitative estimate of drug-likeness (QED) is 0.828. The summed E-state index contributed by atoms with van der Waals surface area (Å²) in [7, 11) is 3.53. The molecule has 0 aliphatic heterocycles. The van der Waals surface area contributed by atoms with Gasteiger partial charge in [-0.3, -0.25) is 9.59 Å². The van der Waals surface area contributed by atoms with E-state index in [2.05, 4.69) is 5.32 Å². The zero-order chi connectivity index (χ0) is 15.5. The van der Waals surface area contributed by atoms with Crippen molar-refractivity contribution in [1.82, 2.24) is 10.2 Å². The van der Waals surface area contributed by atoms with Gasteiger partial charge in [-0.25, -0.2) is 0 Å². The second-order valence-electron chi connectivity index (χ2n) is 5.96. The zero-order valence-corrected chi connectivity index (χ0v) is 12.7. The van der Waals surface area contributed by atoms with Crippen molar-refractivity contribution >= 4 is 17.5 Å². The van der Waals surface area contributed by atoms with Crippen LogP contribution in [0.2, 0.25) is 0 Å². The number of benzene rings is 1. The molecule has 0 radical (unpaired) electrons. The van der Waals surface area contributed by atoms with Gasteiger partial charge in [0.15, 0.2) is 0 Å². The lowest BCUT2D eigenvalue weighted by Gasteiger charge is -2.30. The van der Waals surface area contributed by atoms with Gasteiger partial charge in [-0.1, -0.05) is 25.0 Å². The number of nitrogens with two attached hydrogens (primary N) is 1. The van der Waals surface area contributed by atoms with Crippen molar-refractivity contribution < 1.29 is 9.59 Å². The third-order valence-electron chi connectivity index (χ3n) is 4.21. The minimum absolute atomic E-state index is 0.0985. The first kappa shape index (κ1) is 15.4. The van der Waals surface area contributed by atoms with Gasteiger partial charge in [0.05, 0.1) is 11.0 Å². The number of anilines is 1. The molecule has 5 heteroatoms. The Balaban J connectivity index is 2.08. The number of carbonyl (C=O) groups is 2. The fraction of sp³-hybridized carbons (Fsp3) is 0.500. The molecule has 1 saturated carbocycles. The number of hydrogen-bond acceptors (Lipinski definition) is 3. The van der Waals surface area contributed by atoms with Crippen molar-refractivity contribution in [3.63, 3.8) is 0 Å². The summed E-state index contributed by atoms with van der Waals surface area (Å²) in [4.78, 5) is 26.3. The molecular formula is C16H23N3O2. The Morgan fingerprint density at radius 2 is 1.86 bits per heavy atom. The van der Waals surface area contributed by atoms with E-state index in [1.165, 1.54) is 0 Å². The van der Waals surface area contributed by atoms with Crippen LogP contribution >= 0.6 is 0 Å². The molecule has 114 valence electrons. The number of amides is 2. The minimum atomic E-state index is -0.456. The predicted octanol–water partition coefficient (Wildman–Crippen LogP) is 1.65. The minimum Gasteiger partial charge on any atom is -0.398 e. The van der Waals surface area contributed by atoms with Crippen molar-refractivity contribution in [3.05, 3.63) is 29.8 Å². The van der Waals surface area contributed by atoms with Crippen molar-refractivity contribution in [3.8, 4) is 0 Å². The lowest BCUT2D eigenvalue weighted by Crippen LogP contribution is -2.46. The third-order valence-corrected chi connectivity index (χ3v) is 4.21. The standard InChI is InChI=1S/C16H23N3O2/c1-19(2)15(21)16(9-5-6-10-16)11-18-14(20)12-7-3-4-8-13(12)17/h3-4,7-8H,5-6,9-11,17H2,1-2H3,(H,18,20). The lowest BCUT2D eigenvalue weighted by molar-refractivity contribution is -0.138. The molecule has 1 aromatic carbocycles. The second kappa shape index (κ2) is 6.16. The molecule has 1 fully saturated rings. The fourth-order valence-electron chi connectivity index (χ4n) is 3.04. The van der Waals surface area contributed by atoms with Gasteiger partial charge in [-0.2, -0.15) is 0 Å². The molecule has 2 rings (SSSR count). The molecule has 0 bridgehead atoms. The van der Waals surface area contributed by atoms with E-state index < -0.39 is 5.41 Å². The van der Waals surface area contributed by atoms with E-state index in [0.717, 1.165) is 25.7 Å². The van der Waals surface area contributed by atoms with Crippen LogP contribution in [0.4, 0.5) is 5.69 Å². The number of nitrogens with one attached hydrogen (secondary N) is 1. The van der Waals surface area contributed by atoms with Crippen LogP contribution in [-0.4, -0.2) is 37.4 Å². The molecule has 3 N–H and O–H groups in total. The van der Waals surface area contributed by atoms with Gasteiger partial charge in [0.25, 0.3) is 5.91 Å². The van der Waals surface area contributed by atoms with Crippen LogP contribution in [0.3, 0.4) is 0 Å². The summed E-state index contributed by atoms with van der Waals surface area (Å²) < 4.78 is 0. The smallest absolute Gasteiger partial charge is 0.253 e. The summed E-state index contributed by atoms with van der Waals surface area (Å²) in [5, 5.41) is 2.89. The fourth-order valence-corrected chi connectivity index (χ4v) is 3.04. The average Bonchev–Trinajstić information content (AvgIpc) is 2.94. The zero-order valence-electron chi connectivity index (χ0n) is 12.7. The first-order valence-electron chi connectivity index (χ1n) is 7.31. The van der Waals surface area contributed by atoms with Crippen LogP contribution in [0.5, 0.6) is 0 Å². The van der Waals surface area contributed by atoms with E-state index in [1.807, 2.05) is 0 Å². The van der Waals surface area contributed by atoms with Crippen molar-refractivity contribution in [1.29, 1.82) is 0 Å². The largest absolute Gasteiger partial charge is 0.398 e. The molecule has 5 nitrogen and oxygen atoms in total. The predicted molar refractivity (Wildman–Crippen MR) is 82.8 cm³/mol. The SMILES string of the molecule is CN(C)C(=O)C1(CNC(=O)c2ccccc2N)CCCC1. The summed E-state index contributed by atoms with van der Waals surface area (Å²) in [5.74, 6) is -0.118. The number of rotatable bonds is 4. The van der Waals surface area contributed by atoms with Gasteiger partial charge in [0.2, 0.25) is 5.91 Å². The molecule has 0 spiro atoms. The first-order chi connectivity index (χ1) is 9.96. The molecule has 0 unspecified atom stereocenters. The maximum atomic E-state index is 12.4. The Hall–Kier alpha value is -2.04. The number of nitrogens with zero attached hydrogens (tertiary/aromatic N) is 1. The molecular weight excluding hydrogens is 266 g/mol. The molecule has 21 heavy (non-hydrogen) atoms. The van der Waals surface area contributed by atoms with Crippen LogP contribution in [0.25, 0.3) is 0 Å². The van der Waals surface area contributed by atoms with Gasteiger partial charge >= 0.3 is 0 Å². The van der Waals surface area contributed by atoms with Crippen LogP contribution in [-0.2, 0) is 4.79 Å². The molecule has 0 atom stereocenters. The normalized spacial score (nSPS) is 16.5. The van der Waals surface area contributed by atoms with Gasteiger partial charge in [0.1, 0.15) is 0 Å². The van der Waals surface area contributed by atoms with Crippen molar-refractivity contribution in [2.75, 3.05) is 26.4 Å². The number of nitrogen functional groups attached to an aromatic ring is 1. The van der Waals surface area contributed by atoms with Crippen molar-refractivity contribution in [2.45, 2.75) is 25.7 Å². The van der Waals surface area contributed by atoms with E-state index in [4.69, 9.17) is 5.73 Å². The van der Waals surface area contributed by atoms with E-state index in [-0.39, 0.29) is 11.8 Å². The summed E-state index contributed by atoms with van der Waals surface area (Å²) >= 11 is 0. The average molecular weight is 289 g/mol. The first-order valence-corrected chi connectivity index (χ1v) is 7.31. The maximum Gasteiger partial charge on any atom is 0.253 e. The Morgan fingerprint density at radius 3 is 2.43 bits per heavy atom. The Bertz CT molecular complexity index is 534. The molecule has 1 aliphatic carbocycles. The Labute approximate surface area is 125 Å². The van der Waals surface area contributed by atoms with E-state index >= 15 is 0 Å². The van der Waals surface area contributed by atoms with Crippen LogP contribution in [0.1, 0.15) is 36.0 Å². The molecule has 0 heterocycles. The Morgan fingerprint density at radius 1 is 1.24 bits per heavy atom. The molecule has 1 aromatic rings. The van der Waals surface area contributed by atoms with Gasteiger partial charge < -0.3 is 16.0 Å². The summed E-state index contributed by atoms with van der Waals surface area (Å²) in [5.41, 5.74) is 6.27. The van der Waals surface area contributed by atoms with E-state index in [1.54, 1.807) is 43.3 Å². The summed E-state index contributed by atoms with van der Waals surface area (Å²) in [6, 6.07) is 6.96. The monoisotopic (exact) mass is 289 g/mol. The number of carbonyl (C=O) groups excluding carboxylic acids is 2. The molecule has 0 aromatic heterocycles. The van der Waals surface area contributed by atoms with E-state index in [0.29, 0.717) is 17.8 Å². The lowest BCUT2D eigenvalue weighted by atomic mass is 9.84. The summed E-state index contributed by atoms with van der Waals surface area (Å²) in [6.45, 7) is 0.372. The number of para-hydroxylation sites is 1. The second-order valence-corrected chi connectivity index (χ2v) is 5.96. The van der Waals surface area contributed by atoms with Gasteiger partial charge in [-0.15, -0.1) is 0 Å². The van der Waals surface area contributed by atoms with Crippen molar-refractivity contribution in [2.24, 2.45) is 5.41 Å². The molecule has 0 saturated heterocycles. The number of hydrogen-bond donors (Lipinski definition) is 2. The summed E-state index contributed by atoms with van der Waals surface area (Å²) in [6.07, 6.45) is 3.72. The van der Waals surface area contributed by atoms with Gasteiger partial charge in [0, 0.05) is 26.3 Å². The highest BCUT2D eigenvalue weighted by molar-refractivity contribution is 5.99. The molecule has 2 amide bonds. The van der Waals surface area contributed by atoms with E-state index in [9.17, 15) is 9.59 Å². The topological polar surface area (TPSA) is 75.4 Å². The highest BCUT2D eigenvalue weighted by Crippen LogP contribution is 2.39. The Kier molecular flexibility index (Phi) is 4.50. The highest BCUT2D eigenvalue weighted by Gasteiger charge is 2.42. The van der Waals surface area contributed by atoms with Crippen LogP contribution in [0.15, 0.2) is 24.3 Å². The van der Waals surface area contributed by atoms with Crippen LogP contribution < -0.4 is 11.1 Å². The maximum absolute atomic E-state index is 12.4. The van der Waals surface area contributed by atoms with Gasteiger partial charge in [-0.05, 0) is 25.0 Å². The third kappa shape index (κ3) is 3.17. The van der Waals surface area contributed by atoms with Crippen LogP contribution in [0, 0.1) is 5.41 Å².